The highest BCUT2D eigenvalue weighted by atomic mass is 32.2. The van der Waals surface area contributed by atoms with Gasteiger partial charge < -0.3 is 19.5 Å². The number of nitrogens with one attached hydrogen (secondary N) is 2. The van der Waals surface area contributed by atoms with Crippen LogP contribution in [-0.2, 0) is 9.59 Å². The van der Waals surface area contributed by atoms with E-state index in [-0.39, 0.29) is 16.8 Å². The van der Waals surface area contributed by atoms with Gasteiger partial charge in [-0.05, 0) is 72.4 Å². The third kappa shape index (κ3) is 6.50. The van der Waals surface area contributed by atoms with Gasteiger partial charge in [0, 0.05) is 11.3 Å². The van der Waals surface area contributed by atoms with Crippen LogP contribution in [0.3, 0.4) is 0 Å². The van der Waals surface area contributed by atoms with Crippen LogP contribution in [0.15, 0.2) is 77.7 Å². The molecule has 0 saturated carbocycles. The van der Waals surface area contributed by atoms with Gasteiger partial charge in [0.05, 0.1) is 19.1 Å². The first kappa shape index (κ1) is 26.7. The molecule has 2 N–H and O–H groups in total. The zero-order valence-electron chi connectivity index (χ0n) is 20.4. The highest BCUT2D eigenvalue weighted by Gasteiger charge is 2.33. The predicted octanol–water partition coefficient (Wildman–Crippen LogP) is 4.27. The molecule has 3 amide bonds. The van der Waals surface area contributed by atoms with E-state index < -0.39 is 11.8 Å². The van der Waals surface area contributed by atoms with Crippen LogP contribution < -0.4 is 25.0 Å². The van der Waals surface area contributed by atoms with Gasteiger partial charge in [0.15, 0.2) is 22.4 Å². The minimum atomic E-state index is -0.482. The number of benzene rings is 3. The van der Waals surface area contributed by atoms with E-state index in [1.165, 1.54) is 14.2 Å². The van der Waals surface area contributed by atoms with Gasteiger partial charge in [-0.2, -0.15) is 5.01 Å². The number of nitrogens with zero attached hydrogens (tertiary/aromatic N) is 1. The molecule has 38 heavy (non-hydrogen) atoms. The molecule has 1 saturated heterocycles. The summed E-state index contributed by atoms with van der Waals surface area (Å²) in [5.41, 5.74) is 4.20. The summed E-state index contributed by atoms with van der Waals surface area (Å²) in [4.78, 5) is 38.1. The van der Waals surface area contributed by atoms with Crippen LogP contribution in [-0.4, -0.2) is 47.9 Å². The quantitative estimate of drug-likeness (QED) is 0.301. The number of carbonyl (C=O) groups is 3. The van der Waals surface area contributed by atoms with Crippen molar-refractivity contribution < 1.29 is 28.6 Å². The van der Waals surface area contributed by atoms with E-state index in [9.17, 15) is 14.4 Å². The Bertz CT molecular complexity index is 1390. The second kappa shape index (κ2) is 12.3. The van der Waals surface area contributed by atoms with E-state index in [2.05, 4.69) is 10.7 Å². The Morgan fingerprint density at radius 1 is 0.974 bits per heavy atom. The zero-order chi connectivity index (χ0) is 27.1. The number of hydrazine groups is 1. The summed E-state index contributed by atoms with van der Waals surface area (Å²) >= 11 is 6.37. The van der Waals surface area contributed by atoms with Gasteiger partial charge in [0.25, 0.3) is 17.7 Å². The maximum Gasteiger partial charge on any atom is 0.285 e. The van der Waals surface area contributed by atoms with Gasteiger partial charge in [0.1, 0.15) is 5.75 Å². The number of thiocarbonyl (C=S) groups is 1. The van der Waals surface area contributed by atoms with E-state index in [4.69, 9.17) is 26.4 Å². The van der Waals surface area contributed by atoms with Gasteiger partial charge >= 0.3 is 0 Å². The van der Waals surface area contributed by atoms with Crippen LogP contribution in [0.2, 0.25) is 0 Å². The number of para-hydroxylation sites is 1. The summed E-state index contributed by atoms with van der Waals surface area (Å²) in [5, 5.41) is 3.78. The first-order chi connectivity index (χ1) is 18.4. The molecule has 3 aromatic rings. The number of hydrogen-bond acceptors (Lipinski definition) is 8. The summed E-state index contributed by atoms with van der Waals surface area (Å²) in [6.45, 7) is -0.211. The fraction of sp³-hybridized carbons (Fsp3) is 0.111. The highest BCUT2D eigenvalue weighted by molar-refractivity contribution is 8.26. The fourth-order valence-electron chi connectivity index (χ4n) is 3.38. The van der Waals surface area contributed by atoms with Crippen molar-refractivity contribution in [1.29, 1.82) is 0 Å². The lowest BCUT2D eigenvalue weighted by Gasteiger charge is -2.15. The second-order valence-electron chi connectivity index (χ2n) is 7.80. The van der Waals surface area contributed by atoms with E-state index in [1.54, 1.807) is 60.7 Å². The molecule has 1 aliphatic rings. The summed E-state index contributed by atoms with van der Waals surface area (Å²) in [6.07, 6.45) is 1.63. The van der Waals surface area contributed by atoms with Crippen molar-refractivity contribution >= 4 is 57.8 Å². The SMILES string of the molecule is COc1ccc(C(=O)NN2C(=O)C(=Cc3ccc(OCC(=O)Nc4ccccc4)c(OC)c3)SC2=S)cc1. The van der Waals surface area contributed by atoms with Crippen LogP contribution in [0, 0.1) is 0 Å². The molecule has 11 heteroatoms. The Labute approximate surface area is 228 Å². The average molecular weight is 550 g/mol. The van der Waals surface area contributed by atoms with Gasteiger partial charge in [-0.1, -0.05) is 36.0 Å². The number of amides is 3. The Balaban J connectivity index is 1.40. The van der Waals surface area contributed by atoms with Gasteiger partial charge in [0.2, 0.25) is 0 Å². The standard InChI is InChI=1S/C27H23N3O6S2/c1-34-20-11-9-18(10-12-20)25(32)29-30-26(33)23(38-27(30)37)15-17-8-13-21(22(14-17)35-2)36-16-24(31)28-19-6-4-3-5-7-19/h3-15H,16H2,1-2H3,(H,28,31)(H,29,32). The van der Waals surface area contributed by atoms with Crippen molar-refractivity contribution in [1.82, 2.24) is 10.4 Å². The monoisotopic (exact) mass is 549 g/mol. The molecule has 0 unspecified atom stereocenters. The molecule has 0 radical (unpaired) electrons. The Kier molecular flexibility index (Phi) is 8.62. The number of thioether (sulfide) groups is 1. The Morgan fingerprint density at radius 2 is 1.71 bits per heavy atom. The van der Waals surface area contributed by atoms with E-state index in [1.807, 2.05) is 18.2 Å². The van der Waals surface area contributed by atoms with Crippen LogP contribution in [0.25, 0.3) is 6.08 Å². The fourth-order valence-corrected chi connectivity index (χ4v) is 4.56. The molecule has 1 fully saturated rings. The number of anilines is 1. The number of carbonyl (C=O) groups excluding carboxylic acids is 3. The maximum atomic E-state index is 13.0. The molecule has 0 aromatic heterocycles. The summed E-state index contributed by atoms with van der Waals surface area (Å²) in [7, 11) is 3.01. The molecule has 1 aliphatic heterocycles. The van der Waals surface area contributed by atoms with Crippen LogP contribution >= 0.6 is 24.0 Å². The minimum Gasteiger partial charge on any atom is -0.497 e. The van der Waals surface area contributed by atoms with Crippen molar-refractivity contribution in [3.05, 3.63) is 88.8 Å². The summed E-state index contributed by atoms with van der Waals surface area (Å²) < 4.78 is 16.3. The molecule has 4 rings (SSSR count). The smallest absolute Gasteiger partial charge is 0.285 e. The first-order valence-corrected chi connectivity index (χ1v) is 12.5. The van der Waals surface area contributed by atoms with Crippen LogP contribution in [0.4, 0.5) is 5.69 Å². The normalized spacial score (nSPS) is 13.8. The third-order valence-corrected chi connectivity index (χ3v) is 6.56. The van der Waals surface area contributed by atoms with E-state index >= 15 is 0 Å². The van der Waals surface area contributed by atoms with E-state index in [0.717, 1.165) is 16.8 Å². The summed E-state index contributed by atoms with van der Waals surface area (Å²) in [5.74, 6) is 0.102. The van der Waals surface area contributed by atoms with Gasteiger partial charge in [-0.15, -0.1) is 0 Å². The van der Waals surface area contributed by atoms with E-state index in [0.29, 0.717) is 39.0 Å². The number of rotatable bonds is 9. The van der Waals surface area contributed by atoms with Crippen molar-refractivity contribution in [2.45, 2.75) is 0 Å². The largest absolute Gasteiger partial charge is 0.497 e. The lowest BCUT2D eigenvalue weighted by Crippen LogP contribution is -2.44. The third-order valence-electron chi connectivity index (χ3n) is 5.26. The molecule has 1 heterocycles. The summed E-state index contributed by atoms with van der Waals surface area (Å²) in [6, 6.07) is 20.6. The molecule has 194 valence electrons. The molecule has 0 aliphatic carbocycles. The van der Waals surface area contributed by atoms with Crippen LogP contribution in [0.5, 0.6) is 17.2 Å². The second-order valence-corrected chi connectivity index (χ2v) is 9.48. The van der Waals surface area contributed by atoms with Crippen molar-refractivity contribution in [2.75, 3.05) is 26.1 Å². The maximum absolute atomic E-state index is 13.0. The van der Waals surface area contributed by atoms with Gasteiger partial charge in [-0.25, -0.2) is 0 Å². The van der Waals surface area contributed by atoms with Crippen molar-refractivity contribution in [3.63, 3.8) is 0 Å². The molecular formula is C27H23N3O6S2. The average Bonchev–Trinajstić information content (AvgIpc) is 3.19. The zero-order valence-corrected chi connectivity index (χ0v) is 22.1. The molecule has 0 spiro atoms. The molecule has 0 atom stereocenters. The Morgan fingerprint density at radius 3 is 2.39 bits per heavy atom. The molecule has 9 nitrogen and oxygen atoms in total. The number of methoxy groups -OCH3 is 2. The molecule has 0 bridgehead atoms. The predicted molar refractivity (Wildman–Crippen MR) is 149 cm³/mol. The van der Waals surface area contributed by atoms with Crippen molar-refractivity contribution in [2.24, 2.45) is 0 Å². The molecule has 3 aromatic carbocycles. The first-order valence-electron chi connectivity index (χ1n) is 11.3. The number of hydrogen-bond donors (Lipinski definition) is 2. The highest BCUT2D eigenvalue weighted by Crippen LogP contribution is 2.34. The topological polar surface area (TPSA) is 106 Å². The molecular weight excluding hydrogens is 526 g/mol. The van der Waals surface area contributed by atoms with Gasteiger partial charge in [-0.3, -0.25) is 19.8 Å². The Hall–Kier alpha value is -4.35. The number of ether oxygens (including phenoxy) is 3. The van der Waals surface area contributed by atoms with Crippen LogP contribution in [0.1, 0.15) is 15.9 Å². The minimum absolute atomic E-state index is 0.194. The van der Waals surface area contributed by atoms with Crippen molar-refractivity contribution in [3.8, 4) is 17.2 Å². The lowest BCUT2D eigenvalue weighted by molar-refractivity contribution is -0.123. The lowest BCUT2D eigenvalue weighted by atomic mass is 10.2.